The Morgan fingerprint density at radius 3 is 2.63 bits per heavy atom. The first kappa shape index (κ1) is 14.0. The largest absolute Gasteiger partial charge is 0.383 e. The number of rotatable bonds is 5. The minimum absolute atomic E-state index is 0.0860. The maximum Gasteiger partial charge on any atom is 0.245 e. The number of hydrogen-bond acceptors (Lipinski definition) is 3. The Morgan fingerprint density at radius 1 is 1.37 bits per heavy atom. The van der Waals surface area contributed by atoms with E-state index in [4.69, 9.17) is 4.74 Å². The second-order valence-electron chi connectivity index (χ2n) is 4.98. The van der Waals surface area contributed by atoms with Crippen LogP contribution in [0.15, 0.2) is 30.3 Å². The zero-order valence-corrected chi connectivity index (χ0v) is 11.8. The van der Waals surface area contributed by atoms with Gasteiger partial charge in [-0.15, -0.1) is 0 Å². The lowest BCUT2D eigenvalue weighted by atomic mass is 10.1. The van der Waals surface area contributed by atoms with Crippen LogP contribution in [0, 0.1) is 0 Å². The predicted octanol–water partition coefficient (Wildman–Crippen LogP) is 1.93. The molecule has 0 bridgehead atoms. The van der Waals surface area contributed by atoms with Gasteiger partial charge in [-0.3, -0.25) is 10.1 Å². The van der Waals surface area contributed by atoms with Crippen LogP contribution in [0.2, 0.25) is 0 Å². The highest BCUT2D eigenvalue weighted by molar-refractivity contribution is 5.86. The molecular formula is C15H22N2O2. The van der Waals surface area contributed by atoms with Crippen LogP contribution in [0.3, 0.4) is 0 Å². The Morgan fingerprint density at radius 2 is 2.05 bits per heavy atom. The number of hydrogen-bond donors (Lipinski definition) is 1. The van der Waals surface area contributed by atoms with Crippen LogP contribution >= 0.6 is 0 Å². The third-order valence-electron chi connectivity index (χ3n) is 3.60. The minimum atomic E-state index is -0.231. The number of amides is 1. The summed E-state index contributed by atoms with van der Waals surface area (Å²) in [5.74, 6) is 0.141. The minimum Gasteiger partial charge on any atom is -0.383 e. The molecule has 4 nitrogen and oxygen atoms in total. The molecule has 1 heterocycles. The fourth-order valence-electron chi connectivity index (χ4n) is 2.69. The van der Waals surface area contributed by atoms with E-state index < -0.39 is 0 Å². The van der Waals surface area contributed by atoms with Gasteiger partial charge in [-0.2, -0.15) is 0 Å². The van der Waals surface area contributed by atoms with Crippen LogP contribution in [0.5, 0.6) is 0 Å². The van der Waals surface area contributed by atoms with E-state index in [9.17, 15) is 4.79 Å². The molecule has 19 heavy (non-hydrogen) atoms. The van der Waals surface area contributed by atoms with E-state index in [-0.39, 0.29) is 24.2 Å². The van der Waals surface area contributed by atoms with Crippen molar-refractivity contribution in [2.75, 3.05) is 13.7 Å². The number of methoxy groups -OCH3 is 1. The monoisotopic (exact) mass is 262 g/mol. The zero-order chi connectivity index (χ0) is 13.8. The highest BCUT2D eigenvalue weighted by Gasteiger charge is 2.40. The summed E-state index contributed by atoms with van der Waals surface area (Å²) in [5.41, 5.74) is 1.03. The summed E-state index contributed by atoms with van der Waals surface area (Å²) in [7, 11) is 1.67. The lowest BCUT2D eigenvalue weighted by Crippen LogP contribution is -2.44. The molecule has 1 aromatic carbocycles. The van der Waals surface area contributed by atoms with Gasteiger partial charge in [0.15, 0.2) is 0 Å². The van der Waals surface area contributed by atoms with E-state index in [0.29, 0.717) is 6.61 Å². The van der Waals surface area contributed by atoms with Gasteiger partial charge in [0.25, 0.3) is 0 Å². The number of nitrogens with zero attached hydrogens (tertiary/aromatic N) is 1. The molecule has 0 spiro atoms. The van der Waals surface area contributed by atoms with Gasteiger partial charge in [-0.1, -0.05) is 37.3 Å². The second kappa shape index (κ2) is 6.17. The summed E-state index contributed by atoms with van der Waals surface area (Å²) in [4.78, 5) is 14.5. The molecule has 4 heteroatoms. The lowest BCUT2D eigenvalue weighted by molar-refractivity contribution is -0.133. The van der Waals surface area contributed by atoms with Gasteiger partial charge < -0.3 is 9.64 Å². The molecule has 1 aliphatic rings. The molecule has 0 radical (unpaired) electrons. The molecule has 1 aromatic rings. The Labute approximate surface area is 114 Å². The molecule has 104 valence electrons. The first-order valence-electron chi connectivity index (χ1n) is 6.81. The fourth-order valence-corrected chi connectivity index (χ4v) is 2.69. The van der Waals surface area contributed by atoms with Crippen molar-refractivity contribution in [3.63, 3.8) is 0 Å². The Bertz CT molecular complexity index is 421. The number of carbonyl (C=O) groups excluding carboxylic acids is 1. The van der Waals surface area contributed by atoms with E-state index >= 15 is 0 Å². The maximum atomic E-state index is 12.6. The molecule has 0 aliphatic carbocycles. The third kappa shape index (κ3) is 2.80. The number of nitrogens with one attached hydrogen (secondary N) is 1. The SMILES string of the molecule is CCC1NC(c2ccccc2)C(=O)N1C(C)COC. The van der Waals surface area contributed by atoms with E-state index in [2.05, 4.69) is 12.2 Å². The normalized spacial score (nSPS) is 24.8. The molecule has 3 atom stereocenters. The van der Waals surface area contributed by atoms with Gasteiger partial charge in [0, 0.05) is 7.11 Å². The third-order valence-corrected chi connectivity index (χ3v) is 3.60. The van der Waals surface area contributed by atoms with Gasteiger partial charge >= 0.3 is 0 Å². The summed E-state index contributed by atoms with van der Waals surface area (Å²) in [6.45, 7) is 4.68. The average Bonchev–Trinajstić information content (AvgIpc) is 2.77. The van der Waals surface area contributed by atoms with Crippen molar-refractivity contribution >= 4 is 5.91 Å². The summed E-state index contributed by atoms with van der Waals surface area (Å²) < 4.78 is 5.18. The molecule has 3 unspecified atom stereocenters. The van der Waals surface area contributed by atoms with Crippen molar-refractivity contribution in [1.29, 1.82) is 0 Å². The standard InChI is InChI=1S/C15H22N2O2/c1-4-13-16-14(12-8-6-5-7-9-12)15(18)17(13)11(2)10-19-3/h5-9,11,13-14,16H,4,10H2,1-3H3. The van der Waals surface area contributed by atoms with Crippen molar-refractivity contribution in [3.05, 3.63) is 35.9 Å². The maximum absolute atomic E-state index is 12.6. The molecule has 1 saturated heterocycles. The first-order chi connectivity index (χ1) is 9.19. The molecular weight excluding hydrogens is 240 g/mol. The van der Waals surface area contributed by atoms with E-state index in [1.807, 2.05) is 42.2 Å². The van der Waals surface area contributed by atoms with Crippen LogP contribution in [0.25, 0.3) is 0 Å². The van der Waals surface area contributed by atoms with Crippen molar-refractivity contribution in [2.24, 2.45) is 0 Å². The predicted molar refractivity (Wildman–Crippen MR) is 74.6 cm³/mol. The van der Waals surface area contributed by atoms with Gasteiger partial charge in [-0.25, -0.2) is 0 Å². The smallest absolute Gasteiger partial charge is 0.245 e. The van der Waals surface area contributed by atoms with E-state index in [1.165, 1.54) is 0 Å². The molecule has 1 N–H and O–H groups in total. The van der Waals surface area contributed by atoms with Gasteiger partial charge in [0.1, 0.15) is 6.04 Å². The fraction of sp³-hybridized carbons (Fsp3) is 0.533. The van der Waals surface area contributed by atoms with Crippen molar-refractivity contribution < 1.29 is 9.53 Å². The zero-order valence-electron chi connectivity index (χ0n) is 11.8. The summed E-state index contributed by atoms with van der Waals surface area (Å²) >= 11 is 0. The summed E-state index contributed by atoms with van der Waals surface area (Å²) in [6, 6.07) is 9.73. The summed E-state index contributed by atoms with van der Waals surface area (Å²) in [6.07, 6.45) is 0.978. The van der Waals surface area contributed by atoms with Crippen LogP contribution in [-0.2, 0) is 9.53 Å². The molecule has 0 saturated carbocycles. The van der Waals surface area contributed by atoms with Gasteiger partial charge in [0.05, 0.1) is 18.8 Å². The van der Waals surface area contributed by atoms with Gasteiger partial charge in [0.2, 0.25) is 5.91 Å². The lowest BCUT2D eigenvalue weighted by Gasteiger charge is -2.29. The average molecular weight is 262 g/mol. The quantitative estimate of drug-likeness (QED) is 0.881. The van der Waals surface area contributed by atoms with Crippen molar-refractivity contribution in [3.8, 4) is 0 Å². The van der Waals surface area contributed by atoms with Crippen molar-refractivity contribution in [2.45, 2.75) is 38.5 Å². The second-order valence-corrected chi connectivity index (χ2v) is 4.98. The van der Waals surface area contributed by atoms with E-state index in [0.717, 1.165) is 12.0 Å². The van der Waals surface area contributed by atoms with Crippen molar-refractivity contribution in [1.82, 2.24) is 10.2 Å². The van der Waals surface area contributed by atoms with Crippen LogP contribution in [0.1, 0.15) is 31.9 Å². The van der Waals surface area contributed by atoms with Crippen LogP contribution in [-0.4, -0.2) is 36.7 Å². The highest BCUT2D eigenvalue weighted by atomic mass is 16.5. The van der Waals surface area contributed by atoms with E-state index in [1.54, 1.807) is 7.11 Å². The highest BCUT2D eigenvalue weighted by Crippen LogP contribution is 2.27. The van der Waals surface area contributed by atoms with Gasteiger partial charge in [-0.05, 0) is 18.9 Å². The molecule has 1 aliphatic heterocycles. The molecule has 1 amide bonds. The molecule has 0 aromatic heterocycles. The number of carbonyl (C=O) groups is 1. The topological polar surface area (TPSA) is 41.6 Å². The molecule has 1 fully saturated rings. The Balaban J connectivity index is 2.20. The number of benzene rings is 1. The molecule has 2 rings (SSSR count). The van der Waals surface area contributed by atoms with Crippen LogP contribution in [0.4, 0.5) is 0 Å². The number of ether oxygens (including phenoxy) is 1. The Kier molecular flexibility index (Phi) is 4.56. The summed E-state index contributed by atoms with van der Waals surface area (Å²) in [5, 5.41) is 3.42. The first-order valence-corrected chi connectivity index (χ1v) is 6.81. The van der Waals surface area contributed by atoms with Crippen LogP contribution < -0.4 is 5.32 Å². The Hall–Kier alpha value is -1.39.